The lowest BCUT2D eigenvalue weighted by Gasteiger charge is -2.27. The monoisotopic (exact) mass is 469 g/mol. The summed E-state index contributed by atoms with van der Waals surface area (Å²) in [7, 11) is 0. The third-order valence-corrected chi connectivity index (χ3v) is 7.73. The molecule has 6 rings (SSSR count). The Morgan fingerprint density at radius 2 is 1.50 bits per heavy atom. The maximum absolute atomic E-state index is 13.4. The predicted molar refractivity (Wildman–Crippen MR) is 133 cm³/mol. The second-order valence-corrected chi connectivity index (χ2v) is 9.81. The number of likely N-dealkylation sites (tertiary alicyclic amines) is 1. The largest absolute Gasteiger partial charge is 0.302 e. The summed E-state index contributed by atoms with van der Waals surface area (Å²) in [5.74, 6) is 0.209. The van der Waals surface area contributed by atoms with E-state index in [4.69, 9.17) is 4.98 Å². The molecule has 0 spiro atoms. The van der Waals surface area contributed by atoms with Crippen LogP contribution in [0, 0.1) is 0 Å². The van der Waals surface area contributed by atoms with E-state index in [9.17, 15) is 14.4 Å². The number of aromatic nitrogens is 2. The van der Waals surface area contributed by atoms with E-state index in [1.54, 1.807) is 47.0 Å². The first kappa shape index (κ1) is 21.1. The predicted octanol–water partition coefficient (Wildman–Crippen LogP) is 4.39. The first-order chi connectivity index (χ1) is 16.6. The van der Waals surface area contributed by atoms with Crippen LogP contribution < -0.4 is 5.56 Å². The van der Waals surface area contributed by atoms with Crippen LogP contribution in [0.15, 0.2) is 58.7 Å². The maximum atomic E-state index is 13.4. The molecule has 34 heavy (non-hydrogen) atoms. The second kappa shape index (κ2) is 8.42. The number of piperidine rings is 1. The summed E-state index contributed by atoms with van der Waals surface area (Å²) < 4.78 is 2.37. The van der Waals surface area contributed by atoms with Gasteiger partial charge in [-0.1, -0.05) is 36.8 Å². The molecule has 0 bridgehead atoms. The highest BCUT2D eigenvalue weighted by Gasteiger charge is 2.30. The van der Waals surface area contributed by atoms with Crippen LogP contribution in [0.2, 0.25) is 0 Å². The molecule has 2 aliphatic rings. The van der Waals surface area contributed by atoms with Crippen LogP contribution in [0.3, 0.4) is 0 Å². The SMILES string of the molecule is O=C1c2ccccc2C(=O)c2cc(-c3nc4ccsc4c(=O)n3CCN3CCCCC3)ccc21. The molecule has 0 N–H and O–H groups in total. The fraction of sp³-hybridized carbons (Fsp3) is 0.259. The number of rotatable bonds is 4. The Balaban J connectivity index is 1.45. The Morgan fingerprint density at radius 3 is 2.26 bits per heavy atom. The average molecular weight is 470 g/mol. The van der Waals surface area contributed by atoms with Crippen molar-refractivity contribution < 1.29 is 9.59 Å². The Hall–Kier alpha value is -3.42. The van der Waals surface area contributed by atoms with Crippen molar-refractivity contribution in [1.29, 1.82) is 0 Å². The molecule has 1 aliphatic heterocycles. The molecule has 0 atom stereocenters. The van der Waals surface area contributed by atoms with Gasteiger partial charge in [0.2, 0.25) is 0 Å². The number of hydrogen-bond acceptors (Lipinski definition) is 6. The normalized spacial score (nSPS) is 16.0. The van der Waals surface area contributed by atoms with Gasteiger partial charge in [-0.25, -0.2) is 4.98 Å². The standard InChI is InChI=1S/C27H23N3O3S/c31-23-18-6-2-3-7-19(18)24(32)21-16-17(8-9-20(21)23)26-28-22-10-15-34-25(22)27(33)30(26)14-13-29-11-4-1-5-12-29/h2-3,6-10,15-16H,1,4-5,11-14H2. The van der Waals surface area contributed by atoms with E-state index < -0.39 is 0 Å². The van der Waals surface area contributed by atoms with E-state index in [0.717, 1.165) is 19.6 Å². The van der Waals surface area contributed by atoms with Crippen LogP contribution in [-0.4, -0.2) is 45.7 Å². The van der Waals surface area contributed by atoms with Crippen LogP contribution in [0.1, 0.15) is 51.1 Å². The topological polar surface area (TPSA) is 72.3 Å². The Bertz CT molecular complexity index is 1510. The molecule has 6 nitrogen and oxygen atoms in total. The summed E-state index contributed by atoms with van der Waals surface area (Å²) in [4.78, 5) is 46.9. The van der Waals surface area contributed by atoms with Gasteiger partial charge in [0.25, 0.3) is 5.56 Å². The summed E-state index contributed by atoms with van der Waals surface area (Å²) >= 11 is 1.40. The molecule has 7 heteroatoms. The quantitative estimate of drug-likeness (QED) is 0.390. The minimum atomic E-state index is -0.175. The Morgan fingerprint density at radius 1 is 0.794 bits per heavy atom. The highest BCUT2D eigenvalue weighted by molar-refractivity contribution is 7.17. The third-order valence-electron chi connectivity index (χ3n) is 6.84. The zero-order chi connectivity index (χ0) is 23.2. The number of benzene rings is 2. The fourth-order valence-electron chi connectivity index (χ4n) is 5.03. The van der Waals surface area contributed by atoms with E-state index in [-0.39, 0.29) is 17.1 Å². The van der Waals surface area contributed by atoms with Crippen molar-refractivity contribution in [1.82, 2.24) is 14.5 Å². The summed E-state index contributed by atoms with van der Waals surface area (Å²) in [5.41, 5.74) is 2.88. The molecular formula is C27H23N3O3S. The Kier molecular flexibility index (Phi) is 5.23. The number of ketones is 2. The molecule has 4 aromatic rings. The number of thiophene rings is 1. The van der Waals surface area contributed by atoms with Crippen molar-refractivity contribution in [2.24, 2.45) is 0 Å². The first-order valence-electron chi connectivity index (χ1n) is 11.6. The molecule has 0 saturated carbocycles. The molecule has 170 valence electrons. The molecule has 1 aliphatic carbocycles. The third kappa shape index (κ3) is 3.43. The van der Waals surface area contributed by atoms with Gasteiger partial charge < -0.3 is 4.90 Å². The molecule has 2 aromatic carbocycles. The van der Waals surface area contributed by atoms with Gasteiger partial charge in [0.15, 0.2) is 11.6 Å². The smallest absolute Gasteiger partial charge is 0.271 e. The zero-order valence-corrected chi connectivity index (χ0v) is 19.4. The minimum absolute atomic E-state index is 0.0579. The van der Waals surface area contributed by atoms with E-state index in [1.807, 2.05) is 11.4 Å². The summed E-state index contributed by atoms with van der Waals surface area (Å²) in [6.07, 6.45) is 3.63. The number of nitrogens with zero attached hydrogens (tertiary/aromatic N) is 3. The van der Waals surface area contributed by atoms with Gasteiger partial charge in [-0.2, -0.15) is 0 Å². The molecule has 1 saturated heterocycles. The molecule has 0 unspecified atom stereocenters. The van der Waals surface area contributed by atoms with E-state index in [2.05, 4.69) is 4.90 Å². The van der Waals surface area contributed by atoms with Crippen molar-refractivity contribution in [3.63, 3.8) is 0 Å². The van der Waals surface area contributed by atoms with Gasteiger partial charge in [-0.15, -0.1) is 11.3 Å². The average Bonchev–Trinajstić information content (AvgIpc) is 3.36. The van der Waals surface area contributed by atoms with E-state index in [0.29, 0.717) is 50.4 Å². The van der Waals surface area contributed by atoms with Crippen molar-refractivity contribution in [3.8, 4) is 11.4 Å². The fourth-order valence-corrected chi connectivity index (χ4v) is 5.81. The van der Waals surface area contributed by atoms with Crippen molar-refractivity contribution >= 4 is 33.1 Å². The molecular weight excluding hydrogens is 446 g/mol. The van der Waals surface area contributed by atoms with Gasteiger partial charge in [-0.05, 0) is 49.5 Å². The Labute approximate surface area is 200 Å². The van der Waals surface area contributed by atoms with Crippen molar-refractivity contribution in [3.05, 3.63) is 86.5 Å². The number of hydrogen-bond donors (Lipinski definition) is 0. The summed E-state index contributed by atoms with van der Waals surface area (Å²) in [5, 5.41) is 1.88. The van der Waals surface area contributed by atoms with Crippen LogP contribution in [-0.2, 0) is 6.54 Å². The number of carbonyl (C=O) groups is 2. The number of fused-ring (bicyclic) bond motifs is 3. The van der Waals surface area contributed by atoms with Gasteiger partial charge >= 0.3 is 0 Å². The lowest BCUT2D eigenvalue weighted by atomic mass is 9.83. The molecule has 0 amide bonds. The molecule has 3 heterocycles. The summed E-state index contributed by atoms with van der Waals surface area (Å²) in [6.45, 7) is 3.41. The summed E-state index contributed by atoms with van der Waals surface area (Å²) in [6, 6.07) is 14.0. The highest BCUT2D eigenvalue weighted by Crippen LogP contribution is 2.31. The van der Waals surface area contributed by atoms with Gasteiger partial charge in [0.05, 0.1) is 5.52 Å². The highest BCUT2D eigenvalue weighted by atomic mass is 32.1. The minimum Gasteiger partial charge on any atom is -0.302 e. The van der Waals surface area contributed by atoms with Crippen molar-refractivity contribution in [2.45, 2.75) is 25.8 Å². The van der Waals surface area contributed by atoms with Crippen LogP contribution in [0.5, 0.6) is 0 Å². The number of carbonyl (C=O) groups excluding carboxylic acids is 2. The zero-order valence-electron chi connectivity index (χ0n) is 18.6. The lowest BCUT2D eigenvalue weighted by molar-refractivity contribution is 0.0979. The molecule has 2 aromatic heterocycles. The van der Waals surface area contributed by atoms with Gasteiger partial charge in [0.1, 0.15) is 10.5 Å². The first-order valence-corrected chi connectivity index (χ1v) is 12.5. The van der Waals surface area contributed by atoms with Gasteiger partial charge in [-0.3, -0.25) is 19.0 Å². The lowest BCUT2D eigenvalue weighted by Crippen LogP contribution is -2.35. The molecule has 0 radical (unpaired) electrons. The molecule has 1 fully saturated rings. The second-order valence-electron chi connectivity index (χ2n) is 8.89. The maximum Gasteiger partial charge on any atom is 0.271 e. The van der Waals surface area contributed by atoms with Crippen LogP contribution in [0.25, 0.3) is 21.6 Å². The van der Waals surface area contributed by atoms with Crippen LogP contribution >= 0.6 is 11.3 Å². The van der Waals surface area contributed by atoms with E-state index in [1.165, 1.54) is 30.6 Å². The van der Waals surface area contributed by atoms with Crippen molar-refractivity contribution in [2.75, 3.05) is 19.6 Å². The van der Waals surface area contributed by atoms with Gasteiger partial charge in [0, 0.05) is 40.9 Å². The van der Waals surface area contributed by atoms with Crippen LogP contribution in [0.4, 0.5) is 0 Å². The van der Waals surface area contributed by atoms with E-state index >= 15 is 0 Å².